The molecule has 0 bridgehead atoms. The molecule has 2 aromatic carbocycles. The monoisotopic (exact) mass is 387 g/mol. The third kappa shape index (κ3) is 3.49. The summed E-state index contributed by atoms with van der Waals surface area (Å²) in [5, 5.41) is 0. The molecule has 4 aromatic rings. The van der Waals surface area contributed by atoms with Crippen molar-refractivity contribution < 1.29 is 0 Å². The summed E-state index contributed by atoms with van der Waals surface area (Å²) in [5.74, 6) is 0.693. The standard InChI is InChI=1S/C21H14BrN3/c22-17-10-6-9-16(13-17)19-14-20(18-11-4-5-12-23-18)25-21(24-19)15-7-2-1-3-8-15/h1-14H. The summed E-state index contributed by atoms with van der Waals surface area (Å²) >= 11 is 3.53. The van der Waals surface area contributed by atoms with Crippen LogP contribution in [0.25, 0.3) is 34.0 Å². The van der Waals surface area contributed by atoms with E-state index < -0.39 is 0 Å². The highest BCUT2D eigenvalue weighted by molar-refractivity contribution is 9.10. The predicted octanol–water partition coefficient (Wildman–Crippen LogP) is 5.64. The Bertz CT molecular complexity index is 944. The van der Waals surface area contributed by atoms with E-state index in [4.69, 9.17) is 9.97 Å². The Morgan fingerprint density at radius 2 is 1.36 bits per heavy atom. The molecular formula is C21H14BrN3. The van der Waals surface area contributed by atoms with Gasteiger partial charge in [0.05, 0.1) is 17.1 Å². The third-order valence-electron chi connectivity index (χ3n) is 3.81. The summed E-state index contributed by atoms with van der Waals surface area (Å²) < 4.78 is 1.02. The number of hydrogen-bond donors (Lipinski definition) is 0. The van der Waals surface area contributed by atoms with Crippen molar-refractivity contribution in [2.75, 3.05) is 0 Å². The molecular weight excluding hydrogens is 374 g/mol. The summed E-state index contributed by atoms with van der Waals surface area (Å²) in [6.45, 7) is 0. The third-order valence-corrected chi connectivity index (χ3v) is 4.30. The molecule has 2 aromatic heterocycles. The number of hydrogen-bond acceptors (Lipinski definition) is 3. The van der Waals surface area contributed by atoms with Gasteiger partial charge in [0.15, 0.2) is 5.82 Å². The lowest BCUT2D eigenvalue weighted by molar-refractivity contribution is 1.16. The highest BCUT2D eigenvalue weighted by atomic mass is 79.9. The lowest BCUT2D eigenvalue weighted by Crippen LogP contribution is -1.96. The zero-order valence-corrected chi connectivity index (χ0v) is 14.9. The maximum Gasteiger partial charge on any atom is 0.160 e. The molecule has 0 fully saturated rings. The van der Waals surface area contributed by atoms with Crippen LogP contribution in [0.3, 0.4) is 0 Å². The number of nitrogens with zero attached hydrogens (tertiary/aromatic N) is 3. The Hall–Kier alpha value is -2.85. The fraction of sp³-hybridized carbons (Fsp3) is 0. The van der Waals surface area contributed by atoms with Gasteiger partial charge < -0.3 is 0 Å². The average molecular weight is 388 g/mol. The molecule has 2 heterocycles. The second-order valence-electron chi connectivity index (χ2n) is 5.55. The van der Waals surface area contributed by atoms with Crippen LogP contribution in [-0.4, -0.2) is 15.0 Å². The minimum atomic E-state index is 0.693. The molecule has 0 unspecified atom stereocenters. The molecule has 4 rings (SSSR count). The molecule has 0 N–H and O–H groups in total. The van der Waals surface area contributed by atoms with Gasteiger partial charge in [-0.05, 0) is 30.3 Å². The lowest BCUT2D eigenvalue weighted by atomic mass is 10.1. The minimum absolute atomic E-state index is 0.693. The Kier molecular flexibility index (Phi) is 4.36. The van der Waals surface area contributed by atoms with Crippen LogP contribution >= 0.6 is 15.9 Å². The van der Waals surface area contributed by atoms with E-state index in [9.17, 15) is 0 Å². The van der Waals surface area contributed by atoms with E-state index >= 15 is 0 Å². The van der Waals surface area contributed by atoms with Crippen molar-refractivity contribution in [1.82, 2.24) is 15.0 Å². The first-order chi connectivity index (χ1) is 12.3. The first kappa shape index (κ1) is 15.7. The molecule has 0 atom stereocenters. The van der Waals surface area contributed by atoms with E-state index in [1.54, 1.807) is 6.20 Å². The van der Waals surface area contributed by atoms with Crippen LogP contribution in [0.1, 0.15) is 0 Å². The fourth-order valence-electron chi connectivity index (χ4n) is 2.60. The molecule has 0 saturated heterocycles. The van der Waals surface area contributed by atoms with Gasteiger partial charge in [0.25, 0.3) is 0 Å². The number of benzene rings is 2. The second-order valence-corrected chi connectivity index (χ2v) is 6.47. The van der Waals surface area contributed by atoms with Crippen molar-refractivity contribution in [3.8, 4) is 34.0 Å². The second kappa shape index (κ2) is 6.95. The van der Waals surface area contributed by atoms with Crippen molar-refractivity contribution in [2.24, 2.45) is 0 Å². The van der Waals surface area contributed by atoms with Gasteiger partial charge >= 0.3 is 0 Å². The summed E-state index contributed by atoms with van der Waals surface area (Å²) in [6, 6.07) is 25.9. The largest absolute Gasteiger partial charge is 0.255 e. The van der Waals surface area contributed by atoms with Crippen LogP contribution < -0.4 is 0 Å². The van der Waals surface area contributed by atoms with Gasteiger partial charge in [-0.25, -0.2) is 9.97 Å². The molecule has 120 valence electrons. The molecule has 0 aliphatic carbocycles. The van der Waals surface area contributed by atoms with E-state index in [-0.39, 0.29) is 0 Å². The molecule has 0 amide bonds. The first-order valence-electron chi connectivity index (χ1n) is 7.91. The van der Waals surface area contributed by atoms with Crippen LogP contribution in [0.5, 0.6) is 0 Å². The van der Waals surface area contributed by atoms with Gasteiger partial charge in [-0.1, -0.05) is 64.5 Å². The zero-order valence-electron chi connectivity index (χ0n) is 13.3. The Morgan fingerprint density at radius 3 is 2.12 bits per heavy atom. The maximum absolute atomic E-state index is 4.78. The molecule has 3 nitrogen and oxygen atoms in total. The Morgan fingerprint density at radius 1 is 0.600 bits per heavy atom. The van der Waals surface area contributed by atoms with Crippen molar-refractivity contribution >= 4 is 15.9 Å². The average Bonchev–Trinajstić information content (AvgIpc) is 2.69. The number of pyridine rings is 1. The van der Waals surface area contributed by atoms with Crippen LogP contribution in [0.15, 0.2) is 89.5 Å². The first-order valence-corrected chi connectivity index (χ1v) is 8.71. The summed E-state index contributed by atoms with van der Waals surface area (Å²) in [4.78, 5) is 14.0. The zero-order chi connectivity index (χ0) is 17.1. The maximum atomic E-state index is 4.78. The minimum Gasteiger partial charge on any atom is -0.255 e. The van der Waals surface area contributed by atoms with E-state index in [2.05, 4.69) is 27.0 Å². The molecule has 25 heavy (non-hydrogen) atoms. The predicted molar refractivity (Wildman–Crippen MR) is 104 cm³/mol. The summed E-state index contributed by atoms with van der Waals surface area (Å²) in [5.41, 5.74) is 4.53. The number of aromatic nitrogens is 3. The SMILES string of the molecule is Brc1cccc(-c2cc(-c3ccccn3)nc(-c3ccccc3)n2)c1. The van der Waals surface area contributed by atoms with Crippen molar-refractivity contribution in [3.63, 3.8) is 0 Å². The highest BCUT2D eigenvalue weighted by Gasteiger charge is 2.11. The molecule has 0 saturated carbocycles. The van der Waals surface area contributed by atoms with Crippen molar-refractivity contribution in [2.45, 2.75) is 0 Å². The van der Waals surface area contributed by atoms with Crippen molar-refractivity contribution in [3.05, 3.63) is 89.5 Å². The van der Waals surface area contributed by atoms with Crippen LogP contribution in [0, 0.1) is 0 Å². The molecule has 0 spiro atoms. The molecule has 0 radical (unpaired) electrons. The number of rotatable bonds is 3. The highest BCUT2D eigenvalue weighted by Crippen LogP contribution is 2.27. The van der Waals surface area contributed by atoms with Gasteiger partial charge in [-0.2, -0.15) is 0 Å². The van der Waals surface area contributed by atoms with Crippen LogP contribution in [-0.2, 0) is 0 Å². The van der Waals surface area contributed by atoms with Gasteiger partial charge in [0.1, 0.15) is 0 Å². The smallest absolute Gasteiger partial charge is 0.160 e. The van der Waals surface area contributed by atoms with Gasteiger partial charge in [0.2, 0.25) is 0 Å². The van der Waals surface area contributed by atoms with Gasteiger partial charge in [-0.15, -0.1) is 0 Å². The Labute approximate surface area is 154 Å². The quantitative estimate of drug-likeness (QED) is 0.456. The number of halogens is 1. The van der Waals surface area contributed by atoms with E-state index in [0.29, 0.717) is 5.82 Å². The normalized spacial score (nSPS) is 10.6. The van der Waals surface area contributed by atoms with Gasteiger partial charge in [-0.3, -0.25) is 4.98 Å². The summed E-state index contributed by atoms with van der Waals surface area (Å²) in [6.07, 6.45) is 1.78. The summed E-state index contributed by atoms with van der Waals surface area (Å²) in [7, 11) is 0. The van der Waals surface area contributed by atoms with Gasteiger partial charge in [0, 0.05) is 21.8 Å². The van der Waals surface area contributed by atoms with Crippen LogP contribution in [0.4, 0.5) is 0 Å². The molecule has 0 aliphatic rings. The Balaban J connectivity index is 1.92. The lowest BCUT2D eigenvalue weighted by Gasteiger charge is -2.09. The van der Waals surface area contributed by atoms with E-state index in [0.717, 1.165) is 32.7 Å². The topological polar surface area (TPSA) is 38.7 Å². The van der Waals surface area contributed by atoms with E-state index in [1.807, 2.05) is 72.8 Å². The van der Waals surface area contributed by atoms with Crippen LogP contribution in [0.2, 0.25) is 0 Å². The molecule has 0 aliphatic heterocycles. The molecule has 4 heteroatoms. The van der Waals surface area contributed by atoms with E-state index in [1.165, 1.54) is 0 Å². The fourth-order valence-corrected chi connectivity index (χ4v) is 3.00. The van der Waals surface area contributed by atoms with Crippen molar-refractivity contribution in [1.29, 1.82) is 0 Å².